The molecule has 1 aliphatic carbocycles. The first-order valence-electron chi connectivity index (χ1n) is 9.79. The average Bonchev–Trinajstić information content (AvgIpc) is 3.42. The van der Waals surface area contributed by atoms with Crippen LogP contribution in [0.5, 0.6) is 0 Å². The summed E-state index contributed by atoms with van der Waals surface area (Å²) in [6, 6.07) is 17.0. The zero-order valence-corrected chi connectivity index (χ0v) is 17.0. The summed E-state index contributed by atoms with van der Waals surface area (Å²) in [6.45, 7) is 11.0. The van der Waals surface area contributed by atoms with Crippen LogP contribution in [0.1, 0.15) is 75.1 Å². The highest BCUT2D eigenvalue weighted by atomic mass is 16.2. The fraction of sp³-hybridized carbons (Fsp3) is 0.417. The molecule has 1 fully saturated rings. The Hall–Kier alpha value is -2.42. The monoisotopic (exact) mass is 362 g/mol. The first kappa shape index (κ1) is 19.3. The van der Waals surface area contributed by atoms with Crippen LogP contribution in [-0.4, -0.2) is 12.1 Å². The second-order valence-electron chi connectivity index (χ2n) is 8.88. The van der Waals surface area contributed by atoms with Crippen LogP contribution in [0.15, 0.2) is 53.6 Å². The number of rotatable bonds is 5. The molecule has 0 radical (unpaired) electrons. The van der Waals surface area contributed by atoms with Gasteiger partial charge in [0.1, 0.15) is 0 Å². The van der Waals surface area contributed by atoms with Gasteiger partial charge in [-0.1, -0.05) is 83.1 Å². The van der Waals surface area contributed by atoms with Gasteiger partial charge in [-0.05, 0) is 45.9 Å². The van der Waals surface area contributed by atoms with Crippen LogP contribution >= 0.6 is 0 Å². The van der Waals surface area contributed by atoms with E-state index in [1.54, 1.807) is 6.21 Å². The minimum Gasteiger partial charge on any atom is -0.273 e. The summed E-state index contributed by atoms with van der Waals surface area (Å²) in [5, 5.41) is 4.13. The van der Waals surface area contributed by atoms with Crippen LogP contribution in [0.3, 0.4) is 0 Å². The van der Waals surface area contributed by atoms with E-state index in [1.165, 1.54) is 16.7 Å². The molecule has 0 aromatic heterocycles. The minimum absolute atomic E-state index is 0.00921. The van der Waals surface area contributed by atoms with Crippen LogP contribution in [0.2, 0.25) is 0 Å². The highest BCUT2D eigenvalue weighted by Crippen LogP contribution is 2.47. The predicted molar refractivity (Wildman–Crippen MR) is 112 cm³/mol. The lowest BCUT2D eigenvalue weighted by Crippen LogP contribution is -2.20. The van der Waals surface area contributed by atoms with Gasteiger partial charge in [-0.3, -0.25) is 4.79 Å². The summed E-state index contributed by atoms with van der Waals surface area (Å²) in [5.74, 6) is 0.875. The van der Waals surface area contributed by atoms with Crippen molar-refractivity contribution >= 4 is 12.1 Å². The zero-order chi connectivity index (χ0) is 19.6. The molecule has 1 aliphatic rings. The van der Waals surface area contributed by atoms with Crippen LogP contribution in [0, 0.1) is 5.92 Å². The molecule has 0 spiro atoms. The molecule has 2 atom stereocenters. The van der Waals surface area contributed by atoms with Crippen molar-refractivity contribution in [3.8, 4) is 0 Å². The van der Waals surface area contributed by atoms with Gasteiger partial charge in [0.15, 0.2) is 0 Å². The van der Waals surface area contributed by atoms with Gasteiger partial charge in [-0.25, -0.2) is 5.43 Å². The molecular weight excluding hydrogens is 332 g/mol. The first-order chi connectivity index (χ1) is 12.8. The number of carbonyl (C=O) groups is 1. The van der Waals surface area contributed by atoms with Crippen molar-refractivity contribution in [2.75, 3.05) is 0 Å². The van der Waals surface area contributed by atoms with Gasteiger partial charge in [-0.15, -0.1) is 0 Å². The highest BCUT2D eigenvalue weighted by Gasteiger charge is 2.43. The Labute approximate surface area is 162 Å². The SMILES string of the molecule is CC(C)c1ccc(/C=N\NC(=O)[C@H]2C[C@H]2c2ccc(C(C)(C)C)cc2)cc1. The van der Waals surface area contributed by atoms with Crippen molar-refractivity contribution in [1.82, 2.24) is 5.43 Å². The lowest BCUT2D eigenvalue weighted by atomic mass is 9.86. The second-order valence-corrected chi connectivity index (χ2v) is 8.88. The summed E-state index contributed by atoms with van der Waals surface area (Å²) in [7, 11) is 0. The summed E-state index contributed by atoms with van der Waals surface area (Å²) >= 11 is 0. The maximum atomic E-state index is 12.3. The van der Waals surface area contributed by atoms with Crippen molar-refractivity contribution < 1.29 is 4.79 Å². The van der Waals surface area contributed by atoms with E-state index in [4.69, 9.17) is 0 Å². The van der Waals surface area contributed by atoms with Crippen molar-refractivity contribution in [3.05, 3.63) is 70.8 Å². The first-order valence-corrected chi connectivity index (χ1v) is 9.79. The molecule has 1 saturated carbocycles. The number of carbonyl (C=O) groups excluding carboxylic acids is 1. The normalized spacial score (nSPS) is 19.5. The average molecular weight is 363 g/mol. The topological polar surface area (TPSA) is 41.5 Å². The third kappa shape index (κ3) is 4.85. The molecule has 0 bridgehead atoms. The predicted octanol–water partition coefficient (Wildman–Crippen LogP) is 5.36. The van der Waals surface area contributed by atoms with E-state index in [0.29, 0.717) is 11.8 Å². The number of nitrogens with one attached hydrogen (secondary N) is 1. The van der Waals surface area contributed by atoms with Crippen LogP contribution in [0.25, 0.3) is 0 Å². The fourth-order valence-electron chi connectivity index (χ4n) is 3.30. The molecule has 3 rings (SSSR count). The number of nitrogens with zero attached hydrogens (tertiary/aromatic N) is 1. The second kappa shape index (κ2) is 7.67. The largest absolute Gasteiger partial charge is 0.273 e. The van der Waals surface area contributed by atoms with Crippen LogP contribution < -0.4 is 5.43 Å². The molecule has 0 saturated heterocycles. The molecule has 3 nitrogen and oxygen atoms in total. The Morgan fingerprint density at radius 3 is 2.26 bits per heavy atom. The molecule has 2 aromatic rings. The molecule has 3 heteroatoms. The van der Waals surface area contributed by atoms with E-state index >= 15 is 0 Å². The quantitative estimate of drug-likeness (QED) is 0.564. The van der Waals surface area contributed by atoms with Crippen molar-refractivity contribution in [2.45, 2.75) is 58.3 Å². The molecule has 0 unspecified atom stereocenters. The van der Waals surface area contributed by atoms with E-state index in [0.717, 1.165) is 12.0 Å². The van der Waals surface area contributed by atoms with E-state index < -0.39 is 0 Å². The van der Waals surface area contributed by atoms with Gasteiger partial charge in [0.25, 0.3) is 0 Å². The van der Waals surface area contributed by atoms with Gasteiger partial charge in [-0.2, -0.15) is 5.10 Å². The minimum atomic E-state index is 0.00921. The third-order valence-electron chi connectivity index (χ3n) is 5.32. The maximum absolute atomic E-state index is 12.3. The fourth-order valence-corrected chi connectivity index (χ4v) is 3.30. The Kier molecular flexibility index (Phi) is 5.50. The van der Waals surface area contributed by atoms with Gasteiger partial charge >= 0.3 is 0 Å². The molecule has 1 amide bonds. The van der Waals surface area contributed by atoms with E-state index in [1.807, 2.05) is 12.1 Å². The van der Waals surface area contributed by atoms with E-state index in [-0.39, 0.29) is 17.2 Å². The zero-order valence-electron chi connectivity index (χ0n) is 17.0. The number of hydrazone groups is 1. The van der Waals surface area contributed by atoms with Gasteiger partial charge in [0.2, 0.25) is 5.91 Å². The number of hydrogen-bond acceptors (Lipinski definition) is 2. The Morgan fingerprint density at radius 2 is 1.70 bits per heavy atom. The molecule has 27 heavy (non-hydrogen) atoms. The molecular formula is C24H30N2O. The van der Waals surface area contributed by atoms with Gasteiger partial charge in [0, 0.05) is 5.92 Å². The Morgan fingerprint density at radius 1 is 1.07 bits per heavy atom. The third-order valence-corrected chi connectivity index (χ3v) is 5.32. The number of hydrogen-bond donors (Lipinski definition) is 1. The van der Waals surface area contributed by atoms with E-state index in [2.05, 4.69) is 81.5 Å². The molecule has 1 N–H and O–H groups in total. The Balaban J connectivity index is 1.52. The summed E-state index contributed by atoms with van der Waals surface area (Å²) < 4.78 is 0. The van der Waals surface area contributed by atoms with Crippen molar-refractivity contribution in [2.24, 2.45) is 11.0 Å². The lowest BCUT2D eigenvalue weighted by molar-refractivity contribution is -0.122. The Bertz CT molecular complexity index is 811. The van der Waals surface area contributed by atoms with Crippen LogP contribution in [0.4, 0.5) is 0 Å². The lowest BCUT2D eigenvalue weighted by Gasteiger charge is -2.19. The summed E-state index contributed by atoms with van der Waals surface area (Å²) in [4.78, 5) is 12.3. The molecule has 142 valence electrons. The number of benzene rings is 2. The molecule has 0 aliphatic heterocycles. The highest BCUT2D eigenvalue weighted by molar-refractivity contribution is 5.85. The summed E-state index contributed by atoms with van der Waals surface area (Å²) in [5.41, 5.74) is 7.71. The van der Waals surface area contributed by atoms with E-state index in [9.17, 15) is 4.79 Å². The van der Waals surface area contributed by atoms with Gasteiger partial charge in [0.05, 0.1) is 6.21 Å². The summed E-state index contributed by atoms with van der Waals surface area (Å²) in [6.07, 6.45) is 2.61. The molecule has 2 aromatic carbocycles. The smallest absolute Gasteiger partial charge is 0.243 e. The number of amides is 1. The molecule has 0 heterocycles. The van der Waals surface area contributed by atoms with Crippen LogP contribution in [-0.2, 0) is 10.2 Å². The van der Waals surface area contributed by atoms with Gasteiger partial charge < -0.3 is 0 Å². The van der Waals surface area contributed by atoms with Crippen molar-refractivity contribution in [1.29, 1.82) is 0 Å². The van der Waals surface area contributed by atoms with Crippen molar-refractivity contribution in [3.63, 3.8) is 0 Å². The maximum Gasteiger partial charge on any atom is 0.243 e. The standard InChI is InChI=1S/C24H30N2O/c1-16(2)18-8-6-17(7-9-18)15-25-26-23(27)22-14-21(22)19-10-12-20(13-11-19)24(3,4)5/h6-13,15-16,21-22H,14H2,1-5H3,(H,26,27)/b25-15-/t21-,22-/m0/s1.